The molecule has 1 aromatic carbocycles. The van der Waals surface area contributed by atoms with E-state index in [1.54, 1.807) is 77.1 Å². The number of rotatable bonds is 10. The van der Waals surface area contributed by atoms with Crippen LogP contribution in [0.3, 0.4) is 0 Å². The summed E-state index contributed by atoms with van der Waals surface area (Å²) >= 11 is 1.60. The molecule has 1 N–H and O–H groups in total. The average molecular weight is 680 g/mol. The van der Waals surface area contributed by atoms with Gasteiger partial charge in [0, 0.05) is 23.2 Å². The Morgan fingerprint density at radius 3 is 2.13 bits per heavy atom. The molecule has 250 valence electrons. The third-order valence-corrected chi connectivity index (χ3v) is 9.94. The van der Waals surface area contributed by atoms with Crippen molar-refractivity contribution in [2.75, 3.05) is 4.90 Å². The van der Waals surface area contributed by atoms with Crippen LogP contribution in [0.15, 0.2) is 71.9 Å². The van der Waals surface area contributed by atoms with Gasteiger partial charge in [-0.05, 0) is 69.9 Å². The number of carbonyl (C=O) groups excluding carboxylic acids is 1. The fraction of sp³-hybridized carbons (Fsp3) is 0.382. The van der Waals surface area contributed by atoms with Crippen LogP contribution >= 0.6 is 11.3 Å². The van der Waals surface area contributed by atoms with E-state index < -0.39 is 39.1 Å². The smallest absolute Gasteiger partial charge is 0.416 e. The summed E-state index contributed by atoms with van der Waals surface area (Å²) in [6.07, 6.45) is 0.529. The van der Waals surface area contributed by atoms with Gasteiger partial charge in [-0.15, -0.1) is 11.3 Å². The van der Waals surface area contributed by atoms with Crippen molar-refractivity contribution in [3.63, 3.8) is 0 Å². The summed E-state index contributed by atoms with van der Waals surface area (Å²) in [5.41, 5.74) is 1.10. The van der Waals surface area contributed by atoms with Crippen molar-refractivity contribution >= 4 is 39.2 Å². The Hall–Kier alpha value is -4.20. The highest BCUT2D eigenvalue weighted by Gasteiger charge is 2.42. The second-order valence-electron chi connectivity index (χ2n) is 13.2. The van der Waals surface area contributed by atoms with Crippen molar-refractivity contribution in [3.05, 3.63) is 88.7 Å². The number of anilines is 1. The quantitative estimate of drug-likeness (QED) is 0.190. The highest BCUT2D eigenvalue weighted by Crippen LogP contribution is 2.31. The maximum atomic E-state index is 13.9. The lowest BCUT2D eigenvalue weighted by atomic mass is 9.85. The number of carboxylic acid groups (broad SMARTS) is 1. The number of aryl methyl sites for hydroxylation is 2. The summed E-state index contributed by atoms with van der Waals surface area (Å²) in [4.78, 5) is 41.5. The summed E-state index contributed by atoms with van der Waals surface area (Å²) in [5, 5.41) is 11.0. The molecule has 11 nitrogen and oxygen atoms in total. The van der Waals surface area contributed by atoms with Gasteiger partial charge in [0.25, 0.3) is 10.0 Å². The monoisotopic (exact) mass is 679 g/mol. The maximum absolute atomic E-state index is 13.9. The second kappa shape index (κ2) is 13.9. The molecular weight excluding hydrogens is 639 g/mol. The van der Waals surface area contributed by atoms with Gasteiger partial charge in [-0.3, -0.25) is 0 Å². The standard InChI is InChI=1S/C34H41N5O6S2/c1-22-23(2)46-30(36-22)25-17-15-24(16-18-25)20-38(47(43,44)28-14-9-10-19-35-28)21-26-12-11-13-27(37-26)39(32(42)45-34(6,7)8)29(31(40)41)33(3,4)5/h9-19,29H,20-21H2,1-8H3,(H,40,41). The molecule has 1 amide bonds. The molecule has 0 aliphatic carbocycles. The minimum atomic E-state index is -4.12. The number of carbonyl (C=O) groups is 2. The molecule has 3 heterocycles. The van der Waals surface area contributed by atoms with Gasteiger partial charge in [0.1, 0.15) is 22.5 Å². The highest BCUT2D eigenvalue weighted by atomic mass is 32.2. The van der Waals surface area contributed by atoms with Crippen molar-refractivity contribution in [3.8, 4) is 10.6 Å². The number of sulfonamides is 1. The number of amides is 1. The zero-order chi connectivity index (χ0) is 34.7. The summed E-state index contributed by atoms with van der Waals surface area (Å²) in [7, 11) is -4.12. The Labute approximate surface area is 280 Å². The van der Waals surface area contributed by atoms with Crippen LogP contribution in [-0.4, -0.2) is 56.5 Å². The van der Waals surface area contributed by atoms with E-state index in [9.17, 15) is 23.1 Å². The van der Waals surface area contributed by atoms with E-state index in [1.807, 2.05) is 38.1 Å². The fourth-order valence-electron chi connectivity index (χ4n) is 4.79. The summed E-state index contributed by atoms with van der Waals surface area (Å²) in [5.74, 6) is -1.21. The van der Waals surface area contributed by atoms with Crippen LogP contribution in [0.4, 0.5) is 10.6 Å². The Morgan fingerprint density at radius 2 is 1.60 bits per heavy atom. The normalized spacial score (nSPS) is 13.0. The molecule has 0 radical (unpaired) electrons. The molecule has 4 aromatic rings. The number of carboxylic acids is 1. The molecule has 0 bridgehead atoms. The zero-order valence-electron chi connectivity index (χ0n) is 27.9. The lowest BCUT2D eigenvalue weighted by molar-refractivity contribution is -0.141. The van der Waals surface area contributed by atoms with Crippen molar-refractivity contribution < 1.29 is 27.9 Å². The highest BCUT2D eigenvalue weighted by molar-refractivity contribution is 7.89. The Kier molecular flexibility index (Phi) is 10.5. The first kappa shape index (κ1) is 35.7. The van der Waals surface area contributed by atoms with E-state index in [1.165, 1.54) is 22.6 Å². The van der Waals surface area contributed by atoms with Crippen LogP contribution in [-0.2, 0) is 32.6 Å². The van der Waals surface area contributed by atoms with Gasteiger partial charge in [-0.25, -0.2) is 37.9 Å². The average Bonchev–Trinajstić information content (AvgIpc) is 3.32. The van der Waals surface area contributed by atoms with Gasteiger partial charge in [0.05, 0.1) is 17.9 Å². The number of aliphatic carboxylic acids is 1. The van der Waals surface area contributed by atoms with Gasteiger partial charge < -0.3 is 9.84 Å². The molecule has 13 heteroatoms. The molecule has 1 atom stereocenters. The largest absolute Gasteiger partial charge is 0.480 e. The first-order valence-corrected chi connectivity index (χ1v) is 17.3. The SMILES string of the molecule is Cc1nc(-c2ccc(CN(Cc3cccc(N(C(=O)OC(C)(C)C)C(C(=O)O)C(C)(C)C)n3)S(=O)(=O)c3ccccn3)cc2)sc1C. The van der Waals surface area contributed by atoms with Gasteiger partial charge in [-0.2, -0.15) is 4.31 Å². The van der Waals surface area contributed by atoms with E-state index in [0.29, 0.717) is 5.69 Å². The first-order valence-electron chi connectivity index (χ1n) is 15.0. The molecule has 0 saturated heterocycles. The van der Waals surface area contributed by atoms with E-state index in [4.69, 9.17) is 4.74 Å². The third-order valence-electron chi connectivity index (χ3n) is 7.11. The number of pyridine rings is 2. The van der Waals surface area contributed by atoms with Crippen molar-refractivity contribution in [2.45, 2.75) is 85.1 Å². The van der Waals surface area contributed by atoms with E-state index in [0.717, 1.165) is 31.6 Å². The molecule has 47 heavy (non-hydrogen) atoms. The number of hydrogen-bond acceptors (Lipinski definition) is 9. The van der Waals surface area contributed by atoms with Crippen molar-refractivity contribution in [2.24, 2.45) is 5.41 Å². The number of thiazole rings is 1. The summed E-state index contributed by atoms with van der Waals surface area (Å²) in [6.45, 7) is 14.0. The van der Waals surface area contributed by atoms with Crippen LogP contribution in [0.2, 0.25) is 0 Å². The van der Waals surface area contributed by atoms with E-state index >= 15 is 0 Å². The Morgan fingerprint density at radius 1 is 0.915 bits per heavy atom. The lowest BCUT2D eigenvalue weighted by Crippen LogP contribution is -2.54. The lowest BCUT2D eigenvalue weighted by Gasteiger charge is -2.37. The number of nitrogens with zero attached hydrogens (tertiary/aromatic N) is 5. The minimum Gasteiger partial charge on any atom is -0.480 e. The zero-order valence-corrected chi connectivity index (χ0v) is 29.5. The molecule has 1 unspecified atom stereocenters. The predicted octanol–water partition coefficient (Wildman–Crippen LogP) is 6.85. The summed E-state index contributed by atoms with van der Waals surface area (Å²) in [6, 6.07) is 15.6. The Balaban J connectivity index is 1.74. The van der Waals surface area contributed by atoms with Gasteiger partial charge in [-0.1, -0.05) is 57.2 Å². The van der Waals surface area contributed by atoms with Crippen molar-refractivity contribution in [1.29, 1.82) is 0 Å². The fourth-order valence-corrected chi connectivity index (χ4v) is 7.04. The van der Waals surface area contributed by atoms with Crippen molar-refractivity contribution in [1.82, 2.24) is 19.3 Å². The van der Waals surface area contributed by atoms with Crippen LogP contribution < -0.4 is 4.90 Å². The molecule has 4 rings (SSSR count). The molecular formula is C34H41N5O6S2. The molecule has 3 aromatic heterocycles. The number of benzene rings is 1. The first-order chi connectivity index (χ1) is 21.9. The minimum absolute atomic E-state index is 0.00343. The van der Waals surface area contributed by atoms with Crippen LogP contribution in [0, 0.1) is 19.3 Å². The number of hydrogen-bond donors (Lipinski definition) is 1. The molecule has 0 saturated carbocycles. The molecule has 0 fully saturated rings. The third kappa shape index (κ3) is 8.79. The van der Waals surface area contributed by atoms with Gasteiger partial charge in [0.15, 0.2) is 5.03 Å². The van der Waals surface area contributed by atoms with E-state index in [2.05, 4.69) is 15.0 Å². The molecule has 0 spiro atoms. The summed E-state index contributed by atoms with van der Waals surface area (Å²) < 4.78 is 34.8. The molecule has 0 aliphatic heterocycles. The number of aromatic nitrogens is 3. The molecule has 0 aliphatic rings. The van der Waals surface area contributed by atoms with Crippen LogP contribution in [0.5, 0.6) is 0 Å². The topological polar surface area (TPSA) is 143 Å². The second-order valence-corrected chi connectivity index (χ2v) is 16.3. The van der Waals surface area contributed by atoms with Gasteiger partial charge >= 0.3 is 12.1 Å². The maximum Gasteiger partial charge on any atom is 0.416 e. The number of ether oxygens (including phenoxy) is 1. The Bertz CT molecular complexity index is 1810. The van der Waals surface area contributed by atoms with Gasteiger partial charge in [0.2, 0.25) is 0 Å². The predicted molar refractivity (Wildman–Crippen MR) is 182 cm³/mol. The van der Waals surface area contributed by atoms with Crippen LogP contribution in [0.1, 0.15) is 63.4 Å². The van der Waals surface area contributed by atoms with Crippen LogP contribution in [0.25, 0.3) is 10.6 Å². The van der Waals surface area contributed by atoms with E-state index in [-0.39, 0.29) is 23.9 Å².